The topological polar surface area (TPSA) is 64.6 Å². The number of halogens is 1. The normalized spacial score (nSPS) is 11.3. The van der Waals surface area contributed by atoms with Gasteiger partial charge in [0.05, 0.1) is 7.11 Å². The smallest absolute Gasteiger partial charge is 0.412 e. The molecule has 0 fully saturated rings. The van der Waals surface area contributed by atoms with Crippen molar-refractivity contribution in [3.8, 4) is 0 Å². The standard InChI is InChI=1S/C14H16ClNO4/c1-4-9(2)12(13(17)19-3)20-14(18)16-11-7-5-10(15)6-8-11/h5-8,12H,2,4H2,1,3H3,(H,16,18). The van der Waals surface area contributed by atoms with Crippen LogP contribution in [-0.2, 0) is 14.3 Å². The van der Waals surface area contributed by atoms with Crippen LogP contribution in [-0.4, -0.2) is 25.3 Å². The van der Waals surface area contributed by atoms with Gasteiger partial charge < -0.3 is 9.47 Å². The molecule has 0 spiro atoms. The molecule has 1 unspecified atom stereocenters. The third-order valence-corrected chi connectivity index (χ3v) is 2.81. The third-order valence-electron chi connectivity index (χ3n) is 2.56. The van der Waals surface area contributed by atoms with Crippen molar-refractivity contribution >= 4 is 29.4 Å². The van der Waals surface area contributed by atoms with Gasteiger partial charge in [0, 0.05) is 10.7 Å². The number of carbonyl (C=O) groups is 2. The minimum Gasteiger partial charge on any atom is -0.466 e. The summed E-state index contributed by atoms with van der Waals surface area (Å²) in [5, 5.41) is 3.04. The van der Waals surface area contributed by atoms with Gasteiger partial charge in [0.2, 0.25) is 6.10 Å². The predicted octanol–water partition coefficient (Wildman–Crippen LogP) is 3.40. The summed E-state index contributed by atoms with van der Waals surface area (Å²) in [6.07, 6.45) is -1.39. The van der Waals surface area contributed by atoms with Crippen LogP contribution >= 0.6 is 11.6 Å². The third kappa shape index (κ3) is 4.59. The summed E-state index contributed by atoms with van der Waals surface area (Å²) in [6.45, 7) is 5.50. The average Bonchev–Trinajstić information content (AvgIpc) is 2.45. The van der Waals surface area contributed by atoms with Gasteiger partial charge in [-0.05, 0) is 36.3 Å². The van der Waals surface area contributed by atoms with E-state index in [4.69, 9.17) is 16.3 Å². The molecule has 1 atom stereocenters. The molecule has 0 aliphatic carbocycles. The van der Waals surface area contributed by atoms with Crippen LogP contribution < -0.4 is 5.32 Å². The lowest BCUT2D eigenvalue weighted by Gasteiger charge is -2.17. The van der Waals surface area contributed by atoms with E-state index in [1.165, 1.54) is 7.11 Å². The maximum Gasteiger partial charge on any atom is 0.412 e. The lowest BCUT2D eigenvalue weighted by atomic mass is 10.1. The second-order valence-corrected chi connectivity index (χ2v) is 4.39. The summed E-state index contributed by atoms with van der Waals surface area (Å²) < 4.78 is 9.61. The maximum absolute atomic E-state index is 11.7. The molecule has 0 saturated heterocycles. The lowest BCUT2D eigenvalue weighted by molar-refractivity contribution is -0.148. The van der Waals surface area contributed by atoms with Crippen LogP contribution in [0.5, 0.6) is 0 Å². The Morgan fingerprint density at radius 1 is 1.35 bits per heavy atom. The molecule has 1 rings (SSSR count). The second kappa shape index (κ2) is 7.55. The fourth-order valence-electron chi connectivity index (χ4n) is 1.38. The lowest BCUT2D eigenvalue weighted by Crippen LogP contribution is -2.31. The van der Waals surface area contributed by atoms with Crippen molar-refractivity contribution in [2.75, 3.05) is 12.4 Å². The van der Waals surface area contributed by atoms with E-state index in [-0.39, 0.29) is 0 Å². The van der Waals surface area contributed by atoms with Gasteiger partial charge in [-0.15, -0.1) is 0 Å². The largest absolute Gasteiger partial charge is 0.466 e. The van der Waals surface area contributed by atoms with E-state index in [0.29, 0.717) is 22.7 Å². The fraction of sp³-hybridized carbons (Fsp3) is 0.286. The molecular weight excluding hydrogens is 282 g/mol. The summed E-state index contributed by atoms with van der Waals surface area (Å²) in [6, 6.07) is 6.48. The first-order chi connectivity index (χ1) is 9.47. The van der Waals surface area contributed by atoms with Crippen LogP contribution in [0.3, 0.4) is 0 Å². The number of amides is 1. The molecule has 1 aromatic carbocycles. The highest BCUT2D eigenvalue weighted by atomic mass is 35.5. The van der Waals surface area contributed by atoms with Crippen LogP contribution in [0.1, 0.15) is 13.3 Å². The van der Waals surface area contributed by atoms with Crippen molar-refractivity contribution in [2.45, 2.75) is 19.4 Å². The van der Waals surface area contributed by atoms with Gasteiger partial charge in [-0.3, -0.25) is 5.32 Å². The van der Waals surface area contributed by atoms with Crippen molar-refractivity contribution in [3.63, 3.8) is 0 Å². The van der Waals surface area contributed by atoms with Gasteiger partial charge >= 0.3 is 12.1 Å². The molecule has 6 heteroatoms. The average molecular weight is 298 g/mol. The summed E-state index contributed by atoms with van der Waals surface area (Å²) in [5.74, 6) is -0.664. The van der Waals surface area contributed by atoms with Crippen molar-refractivity contribution in [2.24, 2.45) is 0 Å². The van der Waals surface area contributed by atoms with Crippen LogP contribution in [0.4, 0.5) is 10.5 Å². The molecule has 1 aromatic rings. The van der Waals surface area contributed by atoms with E-state index in [2.05, 4.69) is 16.6 Å². The summed E-state index contributed by atoms with van der Waals surface area (Å²) >= 11 is 5.74. The number of hydrogen-bond donors (Lipinski definition) is 1. The Kier molecular flexibility index (Phi) is 6.06. The Labute approximate surface area is 122 Å². The van der Waals surface area contributed by atoms with Gasteiger partial charge in [-0.1, -0.05) is 25.1 Å². The number of esters is 1. The second-order valence-electron chi connectivity index (χ2n) is 3.95. The van der Waals surface area contributed by atoms with Crippen LogP contribution in [0.15, 0.2) is 36.4 Å². The Hall–Kier alpha value is -2.01. The summed E-state index contributed by atoms with van der Waals surface area (Å²) in [7, 11) is 1.22. The van der Waals surface area contributed by atoms with E-state index in [1.54, 1.807) is 31.2 Å². The zero-order valence-electron chi connectivity index (χ0n) is 11.3. The number of methoxy groups -OCH3 is 1. The van der Waals surface area contributed by atoms with Crippen molar-refractivity contribution in [1.82, 2.24) is 0 Å². The molecule has 0 bridgehead atoms. The number of benzene rings is 1. The summed E-state index contributed by atoms with van der Waals surface area (Å²) in [5.41, 5.74) is 0.966. The molecule has 0 heterocycles. The molecule has 5 nitrogen and oxygen atoms in total. The SMILES string of the molecule is C=C(CC)C(OC(=O)Nc1ccc(Cl)cc1)C(=O)OC. The number of nitrogens with one attached hydrogen (secondary N) is 1. The quantitative estimate of drug-likeness (QED) is 0.668. The van der Waals surface area contributed by atoms with Gasteiger partial charge in [0.15, 0.2) is 0 Å². The number of anilines is 1. The molecule has 0 saturated carbocycles. The van der Waals surface area contributed by atoms with Crippen molar-refractivity contribution in [3.05, 3.63) is 41.4 Å². The molecular formula is C14H16ClNO4. The van der Waals surface area contributed by atoms with Crippen LogP contribution in [0.2, 0.25) is 5.02 Å². The monoisotopic (exact) mass is 297 g/mol. The highest BCUT2D eigenvalue weighted by molar-refractivity contribution is 6.30. The molecule has 0 aliphatic heterocycles. The number of carbonyl (C=O) groups excluding carboxylic acids is 2. The van der Waals surface area contributed by atoms with E-state index in [1.807, 2.05) is 0 Å². The molecule has 0 radical (unpaired) electrons. The minimum absolute atomic E-state index is 0.461. The zero-order valence-corrected chi connectivity index (χ0v) is 12.1. The van der Waals surface area contributed by atoms with Gasteiger partial charge in [-0.2, -0.15) is 0 Å². The Morgan fingerprint density at radius 3 is 2.45 bits per heavy atom. The van der Waals surface area contributed by atoms with Gasteiger partial charge in [-0.25, -0.2) is 9.59 Å². The maximum atomic E-state index is 11.7. The fourth-order valence-corrected chi connectivity index (χ4v) is 1.50. The molecule has 20 heavy (non-hydrogen) atoms. The minimum atomic E-state index is -1.11. The highest BCUT2D eigenvalue weighted by Crippen LogP contribution is 2.15. The van der Waals surface area contributed by atoms with E-state index in [0.717, 1.165) is 0 Å². The van der Waals surface area contributed by atoms with Crippen LogP contribution in [0, 0.1) is 0 Å². The van der Waals surface area contributed by atoms with E-state index >= 15 is 0 Å². The predicted molar refractivity (Wildman–Crippen MR) is 76.8 cm³/mol. The molecule has 108 valence electrons. The van der Waals surface area contributed by atoms with Gasteiger partial charge in [0.1, 0.15) is 0 Å². The van der Waals surface area contributed by atoms with E-state index < -0.39 is 18.2 Å². The first-order valence-corrected chi connectivity index (χ1v) is 6.34. The van der Waals surface area contributed by atoms with E-state index in [9.17, 15) is 9.59 Å². The van der Waals surface area contributed by atoms with Crippen LogP contribution in [0.25, 0.3) is 0 Å². The molecule has 1 N–H and O–H groups in total. The first-order valence-electron chi connectivity index (χ1n) is 5.96. The molecule has 1 amide bonds. The number of rotatable bonds is 5. The van der Waals surface area contributed by atoms with Crippen molar-refractivity contribution in [1.29, 1.82) is 0 Å². The van der Waals surface area contributed by atoms with Gasteiger partial charge in [0.25, 0.3) is 0 Å². The Bertz CT molecular complexity index is 482. The first kappa shape index (κ1) is 16.0. The highest BCUT2D eigenvalue weighted by Gasteiger charge is 2.25. The van der Waals surface area contributed by atoms with Crippen molar-refractivity contribution < 1.29 is 19.1 Å². The zero-order chi connectivity index (χ0) is 15.1. The Morgan fingerprint density at radius 2 is 1.95 bits per heavy atom. The number of hydrogen-bond acceptors (Lipinski definition) is 4. The Balaban J connectivity index is 2.68. The summed E-state index contributed by atoms with van der Waals surface area (Å²) in [4.78, 5) is 23.3. The molecule has 0 aliphatic rings. The number of ether oxygens (including phenoxy) is 2. The molecule has 0 aromatic heterocycles.